The normalized spacial score (nSPS) is 13.2. The second kappa shape index (κ2) is 8.46. The van der Waals surface area contributed by atoms with Crippen LogP contribution in [0.4, 0.5) is 0 Å². The summed E-state index contributed by atoms with van der Waals surface area (Å²) in [6.45, 7) is 4.53. The molecule has 0 saturated heterocycles. The Morgan fingerprint density at radius 1 is 1.20 bits per heavy atom. The molecule has 30 heavy (non-hydrogen) atoms. The first-order valence-corrected chi connectivity index (χ1v) is 9.97. The summed E-state index contributed by atoms with van der Waals surface area (Å²) in [5.74, 6) is 2.23. The lowest BCUT2D eigenvalue weighted by atomic mass is 10.2. The molecule has 1 aliphatic heterocycles. The number of carbonyl (C=O) groups is 1. The maximum Gasteiger partial charge on any atom is 0.272 e. The predicted octanol–water partition coefficient (Wildman–Crippen LogP) is 3.78. The maximum atomic E-state index is 12.5. The van der Waals surface area contributed by atoms with Crippen molar-refractivity contribution in [3.8, 4) is 23.0 Å². The van der Waals surface area contributed by atoms with Gasteiger partial charge in [0.25, 0.3) is 5.91 Å². The van der Waals surface area contributed by atoms with Gasteiger partial charge in [0.1, 0.15) is 0 Å². The van der Waals surface area contributed by atoms with Gasteiger partial charge < -0.3 is 23.5 Å². The Hall–Kier alpha value is -3.52. The number of benzene rings is 2. The molecule has 0 spiro atoms. The smallest absolute Gasteiger partial charge is 0.272 e. The molecule has 0 radical (unpaired) electrons. The highest BCUT2D eigenvalue weighted by molar-refractivity contribution is 7.16. The molecule has 0 atom stereocenters. The Labute approximate surface area is 177 Å². The fourth-order valence-electron chi connectivity index (χ4n) is 3.10. The van der Waals surface area contributed by atoms with Crippen LogP contribution in [-0.4, -0.2) is 31.5 Å². The number of carbonyl (C=O) groups excluding carboxylic acids is 1. The van der Waals surface area contributed by atoms with Gasteiger partial charge in [-0.2, -0.15) is 4.99 Å². The van der Waals surface area contributed by atoms with Gasteiger partial charge in [-0.3, -0.25) is 4.79 Å². The zero-order valence-electron chi connectivity index (χ0n) is 16.6. The molecule has 1 aromatic heterocycles. The van der Waals surface area contributed by atoms with Crippen molar-refractivity contribution in [1.29, 1.82) is 0 Å². The fraction of sp³-hybridized carbons (Fsp3) is 0.182. The van der Waals surface area contributed by atoms with Crippen LogP contribution in [0.5, 0.6) is 23.0 Å². The van der Waals surface area contributed by atoms with Crippen molar-refractivity contribution in [1.82, 2.24) is 4.57 Å². The van der Waals surface area contributed by atoms with Gasteiger partial charge in [0.15, 0.2) is 27.8 Å². The Morgan fingerprint density at radius 2 is 1.97 bits per heavy atom. The van der Waals surface area contributed by atoms with Crippen molar-refractivity contribution in [3.05, 3.63) is 59.4 Å². The zero-order chi connectivity index (χ0) is 21.1. The molecule has 0 bridgehead atoms. The first kappa shape index (κ1) is 19.8. The van der Waals surface area contributed by atoms with Crippen LogP contribution < -0.4 is 23.7 Å². The topological polar surface area (TPSA) is 71.3 Å². The van der Waals surface area contributed by atoms with Crippen molar-refractivity contribution >= 4 is 33.5 Å². The maximum absolute atomic E-state index is 12.5. The minimum Gasteiger partial charge on any atom is -0.493 e. The Bertz CT molecular complexity index is 1220. The van der Waals surface area contributed by atoms with E-state index in [0.29, 0.717) is 34.3 Å². The van der Waals surface area contributed by atoms with Crippen molar-refractivity contribution in [3.63, 3.8) is 0 Å². The summed E-state index contributed by atoms with van der Waals surface area (Å²) >= 11 is 1.40. The van der Waals surface area contributed by atoms with Gasteiger partial charge in [-0.1, -0.05) is 23.5 Å². The van der Waals surface area contributed by atoms with E-state index in [1.807, 2.05) is 34.9 Å². The number of fused-ring (bicyclic) bond motifs is 2. The minimum absolute atomic E-state index is 0.210. The highest BCUT2D eigenvalue weighted by Crippen LogP contribution is 2.34. The molecule has 1 amide bonds. The van der Waals surface area contributed by atoms with Gasteiger partial charge in [0, 0.05) is 24.8 Å². The Morgan fingerprint density at radius 3 is 2.73 bits per heavy atom. The first-order chi connectivity index (χ1) is 14.6. The molecule has 0 fully saturated rings. The first-order valence-electron chi connectivity index (χ1n) is 9.15. The van der Waals surface area contributed by atoms with E-state index in [1.165, 1.54) is 17.4 Å². The van der Waals surface area contributed by atoms with Crippen molar-refractivity contribution in [2.24, 2.45) is 4.99 Å². The molecule has 4 rings (SSSR count). The summed E-state index contributed by atoms with van der Waals surface area (Å²) in [5.41, 5.74) is 1.72. The van der Waals surface area contributed by atoms with Crippen molar-refractivity contribution < 1.29 is 23.7 Å². The van der Waals surface area contributed by atoms with E-state index >= 15 is 0 Å². The van der Waals surface area contributed by atoms with E-state index in [4.69, 9.17) is 18.9 Å². The Balaban J connectivity index is 1.69. The summed E-state index contributed by atoms with van der Waals surface area (Å²) in [6, 6.07) is 9.24. The highest BCUT2D eigenvalue weighted by Gasteiger charge is 2.13. The van der Waals surface area contributed by atoms with Crippen LogP contribution in [0.3, 0.4) is 0 Å². The third kappa shape index (κ3) is 3.81. The molecule has 1 aliphatic rings. The molecule has 2 heterocycles. The molecular weight excluding hydrogens is 404 g/mol. The van der Waals surface area contributed by atoms with E-state index in [9.17, 15) is 4.79 Å². The lowest BCUT2D eigenvalue weighted by Crippen LogP contribution is -2.15. The van der Waals surface area contributed by atoms with Crippen LogP contribution in [0.1, 0.15) is 5.56 Å². The number of nitrogens with zero attached hydrogens (tertiary/aromatic N) is 2. The molecule has 154 valence electrons. The van der Waals surface area contributed by atoms with Crippen LogP contribution in [-0.2, 0) is 11.3 Å². The number of aromatic nitrogens is 1. The number of rotatable bonds is 6. The summed E-state index contributed by atoms with van der Waals surface area (Å²) < 4.78 is 24.3. The quantitative estimate of drug-likeness (QED) is 0.445. The van der Waals surface area contributed by atoms with Crippen molar-refractivity contribution in [2.75, 3.05) is 21.0 Å². The van der Waals surface area contributed by atoms with Gasteiger partial charge in [-0.15, -0.1) is 6.58 Å². The SMILES string of the molecule is C=CCn1c(=NC(=O)C=Cc2ccc3c(c2)OCO3)sc2cc(OC)c(OC)cc21. The third-order valence-corrected chi connectivity index (χ3v) is 5.56. The fourth-order valence-corrected chi connectivity index (χ4v) is 4.16. The molecule has 3 aromatic rings. The molecule has 2 aromatic carbocycles. The standard InChI is InChI=1S/C22H20N2O5S/c1-4-9-24-15-11-17(26-2)18(27-3)12-20(15)30-22(24)23-21(25)8-6-14-5-7-16-19(10-14)29-13-28-16/h4-8,10-12H,1,9,13H2,2-3H3. The molecule has 0 N–H and O–H groups in total. The number of amides is 1. The van der Waals surface area contributed by atoms with Crippen LogP contribution in [0.15, 0.2) is 54.1 Å². The van der Waals surface area contributed by atoms with Crippen LogP contribution >= 0.6 is 11.3 Å². The zero-order valence-corrected chi connectivity index (χ0v) is 17.4. The highest BCUT2D eigenvalue weighted by atomic mass is 32.1. The molecule has 0 unspecified atom stereocenters. The van der Waals surface area contributed by atoms with Crippen molar-refractivity contribution in [2.45, 2.75) is 6.54 Å². The largest absolute Gasteiger partial charge is 0.493 e. The van der Waals surface area contributed by atoms with Gasteiger partial charge in [0.2, 0.25) is 6.79 Å². The van der Waals surface area contributed by atoms with E-state index in [-0.39, 0.29) is 12.7 Å². The predicted molar refractivity (Wildman–Crippen MR) is 115 cm³/mol. The summed E-state index contributed by atoms with van der Waals surface area (Å²) in [4.78, 5) is 17.4. The number of allylic oxidation sites excluding steroid dienone is 1. The van der Waals surface area contributed by atoms with Gasteiger partial charge in [-0.25, -0.2) is 0 Å². The lowest BCUT2D eigenvalue weighted by Gasteiger charge is -2.08. The second-order valence-electron chi connectivity index (χ2n) is 6.35. The molecule has 8 heteroatoms. The van der Waals surface area contributed by atoms with E-state index in [1.54, 1.807) is 26.4 Å². The second-order valence-corrected chi connectivity index (χ2v) is 7.36. The Kier molecular flexibility index (Phi) is 5.58. The number of ether oxygens (including phenoxy) is 4. The lowest BCUT2D eigenvalue weighted by molar-refractivity contribution is -0.113. The summed E-state index contributed by atoms with van der Waals surface area (Å²) in [6.07, 6.45) is 4.89. The monoisotopic (exact) mass is 424 g/mol. The average molecular weight is 424 g/mol. The number of methoxy groups -OCH3 is 2. The van der Waals surface area contributed by atoms with Crippen LogP contribution in [0, 0.1) is 0 Å². The molecule has 0 saturated carbocycles. The number of hydrogen-bond acceptors (Lipinski definition) is 6. The van der Waals surface area contributed by atoms with E-state index in [2.05, 4.69) is 11.6 Å². The van der Waals surface area contributed by atoms with Crippen LogP contribution in [0.2, 0.25) is 0 Å². The number of hydrogen-bond donors (Lipinski definition) is 0. The third-order valence-electron chi connectivity index (χ3n) is 4.52. The van der Waals surface area contributed by atoms with Crippen LogP contribution in [0.25, 0.3) is 16.3 Å². The van der Waals surface area contributed by atoms with E-state index in [0.717, 1.165) is 15.8 Å². The summed E-state index contributed by atoms with van der Waals surface area (Å²) in [7, 11) is 3.18. The molecule has 0 aliphatic carbocycles. The van der Waals surface area contributed by atoms with E-state index < -0.39 is 0 Å². The minimum atomic E-state index is -0.365. The number of thiazole rings is 1. The van der Waals surface area contributed by atoms with Gasteiger partial charge >= 0.3 is 0 Å². The summed E-state index contributed by atoms with van der Waals surface area (Å²) in [5, 5.41) is 0. The molecule has 7 nitrogen and oxygen atoms in total. The van der Waals surface area contributed by atoms with Gasteiger partial charge in [0.05, 0.1) is 24.4 Å². The van der Waals surface area contributed by atoms with Gasteiger partial charge in [-0.05, 0) is 23.8 Å². The molecular formula is C22H20N2O5S. The average Bonchev–Trinajstić information content (AvgIpc) is 3.35.